The van der Waals surface area contributed by atoms with E-state index < -0.39 is 11.8 Å². The summed E-state index contributed by atoms with van der Waals surface area (Å²) in [4.78, 5) is 24.7. The standard InChI is InChI=1S/C14H16FNO3/c1-8(2)16(10-4-5-10)13(17)11-6-3-9(14(18)19)7-12(11)15/h3,6-8,10H,4-5H2,1-2H3,(H,18,19). The summed E-state index contributed by atoms with van der Waals surface area (Å²) in [6.07, 6.45) is 1.89. The summed E-state index contributed by atoms with van der Waals surface area (Å²) in [7, 11) is 0. The maximum Gasteiger partial charge on any atom is 0.335 e. The largest absolute Gasteiger partial charge is 0.478 e. The number of carboxylic acid groups (broad SMARTS) is 1. The predicted molar refractivity (Wildman–Crippen MR) is 67.7 cm³/mol. The van der Waals surface area contributed by atoms with E-state index in [0.717, 1.165) is 18.9 Å². The Hall–Kier alpha value is -1.91. The number of halogens is 1. The molecule has 0 radical (unpaired) electrons. The van der Waals surface area contributed by atoms with E-state index in [0.29, 0.717) is 0 Å². The lowest BCUT2D eigenvalue weighted by molar-refractivity contribution is 0.0674. The minimum Gasteiger partial charge on any atom is -0.478 e. The highest BCUT2D eigenvalue weighted by atomic mass is 19.1. The predicted octanol–water partition coefficient (Wildman–Crippen LogP) is 2.54. The molecule has 0 heterocycles. The third-order valence-electron chi connectivity index (χ3n) is 3.18. The number of carboxylic acids is 1. The summed E-state index contributed by atoms with van der Waals surface area (Å²) in [5.41, 5.74) is -0.220. The molecule has 0 spiro atoms. The van der Waals surface area contributed by atoms with E-state index in [4.69, 9.17) is 5.11 Å². The number of nitrogens with zero attached hydrogens (tertiary/aromatic N) is 1. The Labute approximate surface area is 110 Å². The van der Waals surface area contributed by atoms with Crippen LogP contribution in [0.25, 0.3) is 0 Å². The van der Waals surface area contributed by atoms with Crippen LogP contribution in [0.15, 0.2) is 18.2 Å². The molecule has 1 saturated carbocycles. The summed E-state index contributed by atoms with van der Waals surface area (Å²) >= 11 is 0. The highest BCUT2D eigenvalue weighted by Crippen LogP contribution is 2.30. The van der Waals surface area contributed by atoms with Gasteiger partial charge in [-0.1, -0.05) is 0 Å². The van der Waals surface area contributed by atoms with Gasteiger partial charge in [-0.15, -0.1) is 0 Å². The molecule has 1 N–H and O–H groups in total. The van der Waals surface area contributed by atoms with Crippen molar-refractivity contribution in [2.75, 3.05) is 0 Å². The second kappa shape index (κ2) is 4.99. The second-order valence-corrected chi connectivity index (χ2v) is 5.04. The van der Waals surface area contributed by atoms with E-state index in [2.05, 4.69) is 0 Å². The van der Waals surface area contributed by atoms with Crippen molar-refractivity contribution in [3.05, 3.63) is 35.1 Å². The highest BCUT2D eigenvalue weighted by molar-refractivity contribution is 5.96. The lowest BCUT2D eigenvalue weighted by Gasteiger charge is -2.27. The fourth-order valence-electron chi connectivity index (χ4n) is 2.14. The highest BCUT2D eigenvalue weighted by Gasteiger charge is 2.35. The molecular formula is C14H16FNO3. The first-order chi connectivity index (χ1) is 8.91. The molecule has 0 unspecified atom stereocenters. The van der Waals surface area contributed by atoms with E-state index in [1.807, 2.05) is 13.8 Å². The molecule has 102 valence electrons. The topological polar surface area (TPSA) is 57.6 Å². The first-order valence-electron chi connectivity index (χ1n) is 6.27. The zero-order valence-corrected chi connectivity index (χ0v) is 10.9. The third kappa shape index (κ3) is 2.75. The van der Waals surface area contributed by atoms with Crippen LogP contribution in [-0.2, 0) is 0 Å². The lowest BCUT2D eigenvalue weighted by Crippen LogP contribution is -2.39. The summed E-state index contributed by atoms with van der Waals surface area (Å²) in [6.45, 7) is 3.78. The van der Waals surface area contributed by atoms with Gasteiger partial charge in [0, 0.05) is 12.1 Å². The number of benzene rings is 1. The molecule has 5 heteroatoms. The number of aromatic carboxylic acids is 1. The van der Waals surface area contributed by atoms with Crippen molar-refractivity contribution >= 4 is 11.9 Å². The van der Waals surface area contributed by atoms with E-state index in [1.54, 1.807) is 4.90 Å². The van der Waals surface area contributed by atoms with E-state index >= 15 is 0 Å². The van der Waals surface area contributed by atoms with Crippen LogP contribution in [0.2, 0.25) is 0 Å². The maximum atomic E-state index is 13.9. The van der Waals surface area contributed by atoms with Gasteiger partial charge < -0.3 is 10.0 Å². The van der Waals surface area contributed by atoms with Crippen molar-refractivity contribution in [2.24, 2.45) is 0 Å². The Balaban J connectivity index is 2.30. The zero-order chi connectivity index (χ0) is 14.2. The summed E-state index contributed by atoms with van der Waals surface area (Å²) in [5, 5.41) is 8.77. The molecule has 1 aromatic rings. The summed E-state index contributed by atoms with van der Waals surface area (Å²) in [6, 6.07) is 3.58. The normalized spacial score (nSPS) is 14.5. The average Bonchev–Trinajstić information content (AvgIpc) is 3.12. The number of hydrogen-bond acceptors (Lipinski definition) is 2. The molecule has 19 heavy (non-hydrogen) atoms. The van der Waals surface area contributed by atoms with Gasteiger partial charge in [0.1, 0.15) is 5.82 Å². The monoisotopic (exact) mass is 265 g/mol. The molecule has 0 bridgehead atoms. The zero-order valence-electron chi connectivity index (χ0n) is 10.9. The van der Waals surface area contributed by atoms with Gasteiger partial charge in [-0.25, -0.2) is 9.18 Å². The number of amides is 1. The van der Waals surface area contributed by atoms with Crippen LogP contribution in [0.3, 0.4) is 0 Å². The quantitative estimate of drug-likeness (QED) is 0.910. The van der Waals surface area contributed by atoms with Crippen LogP contribution in [0.4, 0.5) is 4.39 Å². The Bertz CT molecular complexity index is 521. The molecular weight excluding hydrogens is 249 g/mol. The maximum absolute atomic E-state index is 13.9. The second-order valence-electron chi connectivity index (χ2n) is 5.04. The van der Waals surface area contributed by atoms with Gasteiger partial charge in [0.2, 0.25) is 0 Å². The first kappa shape index (κ1) is 13.5. The first-order valence-corrected chi connectivity index (χ1v) is 6.27. The van der Waals surface area contributed by atoms with Crippen molar-refractivity contribution in [1.82, 2.24) is 4.90 Å². The van der Waals surface area contributed by atoms with Crippen molar-refractivity contribution in [3.8, 4) is 0 Å². The van der Waals surface area contributed by atoms with Crippen LogP contribution in [0, 0.1) is 5.82 Å². The molecule has 1 aliphatic rings. The molecule has 1 amide bonds. The molecule has 0 saturated heterocycles. The average molecular weight is 265 g/mol. The van der Waals surface area contributed by atoms with Crippen LogP contribution < -0.4 is 0 Å². The van der Waals surface area contributed by atoms with E-state index in [1.165, 1.54) is 12.1 Å². The van der Waals surface area contributed by atoms with Crippen molar-refractivity contribution in [1.29, 1.82) is 0 Å². The number of carbonyl (C=O) groups is 2. The van der Waals surface area contributed by atoms with Gasteiger partial charge >= 0.3 is 5.97 Å². The minimum absolute atomic E-state index is 0.00134. The minimum atomic E-state index is -1.21. The van der Waals surface area contributed by atoms with Gasteiger partial charge in [-0.3, -0.25) is 4.79 Å². The van der Waals surface area contributed by atoms with Gasteiger partial charge in [-0.05, 0) is 44.9 Å². The fraction of sp³-hybridized carbons (Fsp3) is 0.429. The fourth-order valence-corrected chi connectivity index (χ4v) is 2.14. The number of rotatable bonds is 4. The van der Waals surface area contributed by atoms with Crippen LogP contribution in [-0.4, -0.2) is 34.0 Å². The molecule has 4 nitrogen and oxygen atoms in total. The Morgan fingerprint density at radius 2 is 2.00 bits per heavy atom. The number of carbonyl (C=O) groups excluding carboxylic acids is 1. The lowest BCUT2D eigenvalue weighted by atomic mass is 10.1. The van der Waals surface area contributed by atoms with Gasteiger partial charge in [0.05, 0.1) is 11.1 Å². The van der Waals surface area contributed by atoms with Gasteiger partial charge in [-0.2, -0.15) is 0 Å². The van der Waals surface area contributed by atoms with Crippen LogP contribution in [0.5, 0.6) is 0 Å². The molecule has 0 atom stereocenters. The summed E-state index contributed by atoms with van der Waals surface area (Å²) in [5.74, 6) is -2.36. The van der Waals surface area contributed by atoms with Gasteiger partial charge in [0.25, 0.3) is 5.91 Å². The van der Waals surface area contributed by atoms with E-state index in [-0.39, 0.29) is 29.1 Å². The van der Waals surface area contributed by atoms with Crippen molar-refractivity contribution in [3.63, 3.8) is 0 Å². The molecule has 2 rings (SSSR count). The number of hydrogen-bond donors (Lipinski definition) is 1. The molecule has 1 fully saturated rings. The molecule has 0 aromatic heterocycles. The van der Waals surface area contributed by atoms with Crippen LogP contribution in [0.1, 0.15) is 47.4 Å². The SMILES string of the molecule is CC(C)N(C(=O)c1ccc(C(=O)O)cc1F)C1CC1. The molecule has 1 aliphatic carbocycles. The van der Waals surface area contributed by atoms with E-state index in [9.17, 15) is 14.0 Å². The Kier molecular flexibility index (Phi) is 3.55. The van der Waals surface area contributed by atoms with Crippen LogP contribution >= 0.6 is 0 Å². The molecule has 1 aromatic carbocycles. The third-order valence-corrected chi connectivity index (χ3v) is 3.18. The Morgan fingerprint density at radius 1 is 1.37 bits per heavy atom. The Morgan fingerprint density at radius 3 is 2.42 bits per heavy atom. The van der Waals surface area contributed by atoms with Crippen molar-refractivity contribution in [2.45, 2.75) is 38.8 Å². The smallest absolute Gasteiger partial charge is 0.335 e. The van der Waals surface area contributed by atoms with Crippen molar-refractivity contribution < 1.29 is 19.1 Å². The van der Waals surface area contributed by atoms with Gasteiger partial charge in [0.15, 0.2) is 0 Å². The molecule has 0 aliphatic heterocycles. The summed E-state index contributed by atoms with van der Waals surface area (Å²) < 4.78 is 13.9.